The molecule has 0 amide bonds. The lowest BCUT2D eigenvalue weighted by atomic mass is 10.1. The number of anilines is 1. The maximum absolute atomic E-state index is 5.20. The van der Waals surface area contributed by atoms with Crippen LogP contribution in [-0.4, -0.2) is 26.3 Å². The molecule has 0 saturated carbocycles. The van der Waals surface area contributed by atoms with E-state index in [0.717, 1.165) is 26.1 Å². The van der Waals surface area contributed by atoms with Gasteiger partial charge in [0.15, 0.2) is 0 Å². The Morgan fingerprint density at radius 3 is 3.19 bits per heavy atom. The highest BCUT2D eigenvalue weighted by Gasteiger charge is 2.13. The Kier molecular flexibility index (Phi) is 3.80. The zero-order valence-electron chi connectivity index (χ0n) is 10.0. The Morgan fingerprint density at radius 2 is 2.38 bits per heavy atom. The molecule has 88 valence electrons. The van der Waals surface area contributed by atoms with Crippen LogP contribution in [0.4, 0.5) is 5.69 Å². The maximum atomic E-state index is 5.20. The molecule has 1 aliphatic heterocycles. The van der Waals surface area contributed by atoms with Gasteiger partial charge in [-0.3, -0.25) is 0 Å². The van der Waals surface area contributed by atoms with Gasteiger partial charge in [-0.05, 0) is 24.5 Å². The molecular weight excluding hydrogens is 200 g/mol. The SMILES string of the molecule is COC(C)CNCc1cccc2c1NCC2. The second-order valence-electron chi connectivity index (χ2n) is 4.31. The summed E-state index contributed by atoms with van der Waals surface area (Å²) in [4.78, 5) is 0. The van der Waals surface area contributed by atoms with Gasteiger partial charge in [-0.25, -0.2) is 0 Å². The van der Waals surface area contributed by atoms with Crippen LogP contribution in [0.1, 0.15) is 18.1 Å². The summed E-state index contributed by atoms with van der Waals surface area (Å²) in [6.07, 6.45) is 1.42. The lowest BCUT2D eigenvalue weighted by Crippen LogP contribution is -2.25. The van der Waals surface area contributed by atoms with Crippen molar-refractivity contribution in [3.05, 3.63) is 29.3 Å². The summed E-state index contributed by atoms with van der Waals surface area (Å²) in [6.45, 7) is 4.94. The van der Waals surface area contributed by atoms with E-state index in [1.807, 2.05) is 0 Å². The van der Waals surface area contributed by atoms with E-state index in [9.17, 15) is 0 Å². The number of ether oxygens (including phenoxy) is 1. The molecule has 1 aromatic carbocycles. The minimum absolute atomic E-state index is 0.268. The predicted molar refractivity (Wildman–Crippen MR) is 66.8 cm³/mol. The number of fused-ring (bicyclic) bond motifs is 1. The molecule has 3 nitrogen and oxygen atoms in total. The van der Waals surface area contributed by atoms with Gasteiger partial charge < -0.3 is 15.4 Å². The van der Waals surface area contributed by atoms with Crippen molar-refractivity contribution in [3.63, 3.8) is 0 Å². The molecular formula is C13H20N2O. The van der Waals surface area contributed by atoms with Crippen molar-refractivity contribution >= 4 is 5.69 Å². The van der Waals surface area contributed by atoms with Crippen molar-refractivity contribution in [2.24, 2.45) is 0 Å². The minimum Gasteiger partial charge on any atom is -0.384 e. The number of para-hydroxylation sites is 1. The summed E-state index contributed by atoms with van der Waals surface area (Å²) < 4.78 is 5.20. The van der Waals surface area contributed by atoms with E-state index in [1.54, 1.807) is 7.11 Å². The molecule has 1 aromatic rings. The normalized spacial score (nSPS) is 15.6. The lowest BCUT2D eigenvalue weighted by Gasteiger charge is -2.13. The van der Waals surface area contributed by atoms with Crippen molar-refractivity contribution in [1.29, 1.82) is 0 Å². The zero-order valence-corrected chi connectivity index (χ0v) is 10.0. The van der Waals surface area contributed by atoms with Crippen molar-refractivity contribution < 1.29 is 4.74 Å². The van der Waals surface area contributed by atoms with E-state index in [2.05, 4.69) is 35.8 Å². The Bertz CT molecular complexity index is 352. The molecule has 0 saturated heterocycles. The van der Waals surface area contributed by atoms with Gasteiger partial charge in [-0.15, -0.1) is 0 Å². The second-order valence-corrected chi connectivity index (χ2v) is 4.31. The molecule has 2 rings (SSSR count). The molecule has 1 atom stereocenters. The highest BCUT2D eigenvalue weighted by atomic mass is 16.5. The first-order valence-corrected chi connectivity index (χ1v) is 5.89. The summed E-state index contributed by atoms with van der Waals surface area (Å²) in [6, 6.07) is 6.53. The van der Waals surface area contributed by atoms with E-state index in [1.165, 1.54) is 16.8 Å². The fourth-order valence-electron chi connectivity index (χ4n) is 2.05. The van der Waals surface area contributed by atoms with Crippen LogP contribution in [0.15, 0.2) is 18.2 Å². The molecule has 16 heavy (non-hydrogen) atoms. The zero-order chi connectivity index (χ0) is 11.4. The molecule has 0 spiro atoms. The quantitative estimate of drug-likeness (QED) is 0.793. The average Bonchev–Trinajstić information content (AvgIpc) is 2.77. The largest absolute Gasteiger partial charge is 0.384 e. The van der Waals surface area contributed by atoms with Crippen LogP contribution in [0.3, 0.4) is 0 Å². The van der Waals surface area contributed by atoms with Gasteiger partial charge in [0, 0.05) is 32.4 Å². The Hall–Kier alpha value is -1.06. The van der Waals surface area contributed by atoms with Crippen LogP contribution in [0.5, 0.6) is 0 Å². The van der Waals surface area contributed by atoms with Gasteiger partial charge in [0.1, 0.15) is 0 Å². The number of hydrogen-bond donors (Lipinski definition) is 2. The number of nitrogens with one attached hydrogen (secondary N) is 2. The highest BCUT2D eigenvalue weighted by molar-refractivity contribution is 5.61. The maximum Gasteiger partial charge on any atom is 0.0667 e. The first-order chi connectivity index (χ1) is 7.81. The van der Waals surface area contributed by atoms with Gasteiger partial charge in [0.05, 0.1) is 6.10 Å². The summed E-state index contributed by atoms with van der Waals surface area (Å²) >= 11 is 0. The third-order valence-corrected chi connectivity index (χ3v) is 3.08. The summed E-state index contributed by atoms with van der Waals surface area (Å²) in [5.74, 6) is 0. The minimum atomic E-state index is 0.268. The first-order valence-electron chi connectivity index (χ1n) is 5.89. The molecule has 3 heteroatoms. The molecule has 0 aromatic heterocycles. The molecule has 0 aliphatic carbocycles. The number of benzene rings is 1. The summed E-state index contributed by atoms with van der Waals surface area (Å²) in [5, 5.41) is 6.87. The molecule has 2 N–H and O–H groups in total. The monoisotopic (exact) mass is 220 g/mol. The van der Waals surface area contributed by atoms with E-state index in [4.69, 9.17) is 4.74 Å². The molecule has 1 heterocycles. The van der Waals surface area contributed by atoms with Crippen molar-refractivity contribution in [2.45, 2.75) is 26.0 Å². The lowest BCUT2D eigenvalue weighted by molar-refractivity contribution is 0.117. The van der Waals surface area contributed by atoms with Crippen LogP contribution < -0.4 is 10.6 Å². The van der Waals surface area contributed by atoms with Crippen molar-refractivity contribution in [3.8, 4) is 0 Å². The fraction of sp³-hybridized carbons (Fsp3) is 0.538. The molecule has 0 bridgehead atoms. The Balaban J connectivity index is 1.92. The van der Waals surface area contributed by atoms with Crippen LogP contribution >= 0.6 is 0 Å². The molecule has 1 aliphatic rings. The molecule has 0 radical (unpaired) electrons. The molecule has 0 fully saturated rings. The van der Waals surface area contributed by atoms with Crippen molar-refractivity contribution in [2.75, 3.05) is 25.5 Å². The fourth-order valence-corrected chi connectivity index (χ4v) is 2.05. The van der Waals surface area contributed by atoms with Gasteiger partial charge in [-0.2, -0.15) is 0 Å². The third kappa shape index (κ3) is 2.54. The summed E-state index contributed by atoms with van der Waals surface area (Å²) in [7, 11) is 1.74. The van der Waals surface area contributed by atoms with Gasteiger partial charge in [0.2, 0.25) is 0 Å². The standard InChI is InChI=1S/C13H20N2O/c1-10(16-2)8-14-9-12-5-3-4-11-6-7-15-13(11)12/h3-5,10,14-15H,6-9H2,1-2H3. The second kappa shape index (κ2) is 5.32. The van der Waals surface area contributed by atoms with Crippen LogP contribution in [0, 0.1) is 0 Å². The number of methoxy groups -OCH3 is 1. The van der Waals surface area contributed by atoms with Crippen LogP contribution in [0.25, 0.3) is 0 Å². The van der Waals surface area contributed by atoms with Gasteiger partial charge in [-0.1, -0.05) is 18.2 Å². The smallest absolute Gasteiger partial charge is 0.0667 e. The van der Waals surface area contributed by atoms with E-state index in [0.29, 0.717) is 0 Å². The van der Waals surface area contributed by atoms with Crippen LogP contribution in [-0.2, 0) is 17.7 Å². The van der Waals surface area contributed by atoms with Crippen LogP contribution in [0.2, 0.25) is 0 Å². The number of rotatable bonds is 5. The topological polar surface area (TPSA) is 33.3 Å². The highest BCUT2D eigenvalue weighted by Crippen LogP contribution is 2.25. The first kappa shape index (κ1) is 11.4. The van der Waals surface area contributed by atoms with Gasteiger partial charge >= 0.3 is 0 Å². The Labute approximate surface area is 97.2 Å². The van der Waals surface area contributed by atoms with E-state index < -0.39 is 0 Å². The van der Waals surface area contributed by atoms with E-state index in [-0.39, 0.29) is 6.10 Å². The summed E-state index contributed by atoms with van der Waals surface area (Å²) in [5.41, 5.74) is 4.14. The predicted octanol–water partition coefficient (Wildman–Crippen LogP) is 1.78. The molecule has 1 unspecified atom stereocenters. The van der Waals surface area contributed by atoms with Gasteiger partial charge in [0.25, 0.3) is 0 Å². The average molecular weight is 220 g/mol. The van der Waals surface area contributed by atoms with E-state index >= 15 is 0 Å². The Morgan fingerprint density at radius 1 is 1.50 bits per heavy atom. The van der Waals surface area contributed by atoms with Crippen molar-refractivity contribution in [1.82, 2.24) is 5.32 Å². The third-order valence-electron chi connectivity index (χ3n) is 3.08. The number of hydrogen-bond acceptors (Lipinski definition) is 3.